The summed E-state index contributed by atoms with van der Waals surface area (Å²) in [5, 5.41) is 22.9. The second kappa shape index (κ2) is 8.88. The number of aryl methyl sites for hydroxylation is 2. The maximum absolute atomic E-state index is 13.3. The maximum atomic E-state index is 13.3. The van der Waals surface area contributed by atoms with Crippen molar-refractivity contribution < 1.29 is 15.0 Å². The van der Waals surface area contributed by atoms with Crippen molar-refractivity contribution in [2.24, 2.45) is 5.92 Å². The van der Waals surface area contributed by atoms with Gasteiger partial charge in [0.05, 0.1) is 5.60 Å². The molecule has 2 N–H and O–H groups in total. The van der Waals surface area contributed by atoms with E-state index in [0.29, 0.717) is 12.8 Å². The number of phenols is 1. The molecule has 6 rings (SSSR count). The fourth-order valence-corrected chi connectivity index (χ4v) is 7.76. The number of rotatable bonds is 6. The highest BCUT2D eigenvalue weighted by atomic mass is 16.3. The number of amides is 1. The third kappa shape index (κ3) is 3.95. The third-order valence-electron chi connectivity index (χ3n) is 9.95. The van der Waals surface area contributed by atoms with Crippen molar-refractivity contribution in [3.05, 3.63) is 64.7 Å². The Kier molecular flexibility index (Phi) is 5.92. The van der Waals surface area contributed by atoms with Crippen molar-refractivity contribution >= 4 is 5.91 Å². The molecule has 192 valence electrons. The molecular weight excluding hydrogens is 448 g/mol. The standard InChI is InChI=1S/C31H40N2O3/c1-21-4-3-5-22(16-21)8-11-29(35)32(2)25-12-13-31(36)28-17-24-9-10-26(34)18-27(24)30(31,19-25)14-15-33(28)20-23-6-7-23/h3-5,9-10,16,18,23,25,28,34,36H,6-8,11-15,17,19-20H2,1-2H3/t25?,28-,30-,31-/m1/s1. The zero-order chi connectivity index (χ0) is 25.1. The van der Waals surface area contributed by atoms with Crippen LogP contribution in [-0.4, -0.2) is 63.7 Å². The van der Waals surface area contributed by atoms with Crippen LogP contribution in [-0.2, 0) is 23.1 Å². The number of likely N-dealkylation sites (tertiary alicyclic amines) is 1. The first-order chi connectivity index (χ1) is 17.3. The molecule has 4 aliphatic rings. The molecule has 5 nitrogen and oxygen atoms in total. The summed E-state index contributed by atoms with van der Waals surface area (Å²) in [4.78, 5) is 17.8. The van der Waals surface area contributed by atoms with E-state index in [4.69, 9.17) is 0 Å². The van der Waals surface area contributed by atoms with Crippen LogP contribution >= 0.6 is 0 Å². The van der Waals surface area contributed by atoms with Gasteiger partial charge in [0, 0.05) is 37.5 Å². The van der Waals surface area contributed by atoms with Gasteiger partial charge in [-0.05, 0) is 99.6 Å². The van der Waals surface area contributed by atoms with Gasteiger partial charge in [0.2, 0.25) is 5.91 Å². The van der Waals surface area contributed by atoms with Gasteiger partial charge < -0.3 is 15.1 Å². The molecule has 1 saturated heterocycles. The second-order valence-corrected chi connectivity index (χ2v) is 12.1. The molecule has 0 spiro atoms. The number of phenolic OH excluding ortho intramolecular Hbond substituents is 1. The number of carbonyl (C=O) groups is 1. The number of hydrogen-bond acceptors (Lipinski definition) is 4. The molecule has 1 unspecified atom stereocenters. The largest absolute Gasteiger partial charge is 0.508 e. The van der Waals surface area contributed by atoms with Gasteiger partial charge in [-0.3, -0.25) is 9.69 Å². The first-order valence-electron chi connectivity index (χ1n) is 13.9. The predicted molar refractivity (Wildman–Crippen MR) is 141 cm³/mol. The Bertz CT molecular complexity index is 1160. The number of piperidine rings is 1. The van der Waals surface area contributed by atoms with Crippen LogP contribution in [0.4, 0.5) is 0 Å². The van der Waals surface area contributed by atoms with Crippen LogP contribution in [0.25, 0.3) is 0 Å². The van der Waals surface area contributed by atoms with Crippen molar-refractivity contribution in [1.82, 2.24) is 9.80 Å². The Morgan fingerprint density at radius 2 is 1.97 bits per heavy atom. The number of nitrogens with zero attached hydrogens (tertiary/aromatic N) is 2. The molecular formula is C31H40N2O3. The van der Waals surface area contributed by atoms with Crippen LogP contribution in [0.3, 0.4) is 0 Å². The Balaban J connectivity index is 1.26. The van der Waals surface area contributed by atoms with E-state index in [1.54, 1.807) is 6.07 Å². The molecule has 3 fully saturated rings. The second-order valence-electron chi connectivity index (χ2n) is 12.1. The highest BCUT2D eigenvalue weighted by Gasteiger charge is 2.65. The molecule has 2 aromatic carbocycles. The van der Waals surface area contributed by atoms with E-state index >= 15 is 0 Å². The molecule has 5 heteroatoms. The van der Waals surface area contributed by atoms with E-state index in [2.05, 4.69) is 42.2 Å². The quantitative estimate of drug-likeness (QED) is 0.635. The lowest BCUT2D eigenvalue weighted by molar-refractivity contribution is -0.178. The lowest BCUT2D eigenvalue weighted by Crippen LogP contribution is -2.74. The summed E-state index contributed by atoms with van der Waals surface area (Å²) in [6.07, 6.45) is 7.90. The Morgan fingerprint density at radius 3 is 2.75 bits per heavy atom. The van der Waals surface area contributed by atoms with E-state index in [1.165, 1.54) is 29.5 Å². The van der Waals surface area contributed by atoms with Gasteiger partial charge in [0.25, 0.3) is 0 Å². The molecule has 0 aromatic heterocycles. The van der Waals surface area contributed by atoms with Gasteiger partial charge in [-0.15, -0.1) is 0 Å². The molecule has 3 aliphatic carbocycles. The minimum Gasteiger partial charge on any atom is -0.508 e. The van der Waals surface area contributed by atoms with Crippen LogP contribution < -0.4 is 0 Å². The minimum absolute atomic E-state index is 0.0965. The Morgan fingerprint density at radius 1 is 1.14 bits per heavy atom. The summed E-state index contributed by atoms with van der Waals surface area (Å²) in [5.41, 5.74) is 3.58. The molecule has 2 saturated carbocycles. The summed E-state index contributed by atoms with van der Waals surface area (Å²) in [6, 6.07) is 14.4. The summed E-state index contributed by atoms with van der Waals surface area (Å²) < 4.78 is 0. The first kappa shape index (κ1) is 24.0. The van der Waals surface area contributed by atoms with Crippen LogP contribution in [0.15, 0.2) is 42.5 Å². The molecule has 2 aromatic rings. The number of fused-ring (bicyclic) bond motifs is 1. The molecule has 36 heavy (non-hydrogen) atoms. The third-order valence-corrected chi connectivity index (χ3v) is 9.95. The van der Waals surface area contributed by atoms with Crippen molar-refractivity contribution in [2.45, 2.75) is 87.8 Å². The highest BCUT2D eigenvalue weighted by Crippen LogP contribution is 2.59. The van der Waals surface area contributed by atoms with Gasteiger partial charge in [-0.2, -0.15) is 0 Å². The zero-order valence-corrected chi connectivity index (χ0v) is 21.7. The van der Waals surface area contributed by atoms with E-state index in [-0.39, 0.29) is 23.7 Å². The molecule has 1 heterocycles. The number of aliphatic hydroxyl groups is 1. The van der Waals surface area contributed by atoms with Crippen molar-refractivity contribution in [3.8, 4) is 5.75 Å². The molecule has 0 radical (unpaired) electrons. The Hall–Kier alpha value is -2.37. The lowest BCUT2D eigenvalue weighted by atomic mass is 9.48. The van der Waals surface area contributed by atoms with E-state index in [9.17, 15) is 15.0 Å². The highest BCUT2D eigenvalue weighted by molar-refractivity contribution is 5.76. The van der Waals surface area contributed by atoms with Gasteiger partial charge in [0.15, 0.2) is 0 Å². The number of hydrogen-bond donors (Lipinski definition) is 2. The number of benzene rings is 2. The fraction of sp³-hybridized carbons (Fsp3) is 0.581. The van der Waals surface area contributed by atoms with Crippen LogP contribution in [0.1, 0.15) is 67.2 Å². The number of carbonyl (C=O) groups excluding carboxylic acids is 1. The minimum atomic E-state index is -0.817. The van der Waals surface area contributed by atoms with Crippen LogP contribution in [0, 0.1) is 12.8 Å². The van der Waals surface area contributed by atoms with Gasteiger partial charge in [0.1, 0.15) is 5.75 Å². The van der Waals surface area contributed by atoms with Crippen molar-refractivity contribution in [1.29, 1.82) is 0 Å². The van der Waals surface area contributed by atoms with Gasteiger partial charge >= 0.3 is 0 Å². The van der Waals surface area contributed by atoms with Crippen LogP contribution in [0.5, 0.6) is 5.75 Å². The van der Waals surface area contributed by atoms with Crippen LogP contribution in [0.2, 0.25) is 0 Å². The topological polar surface area (TPSA) is 64.0 Å². The van der Waals surface area contributed by atoms with E-state index in [0.717, 1.165) is 56.7 Å². The fourth-order valence-electron chi connectivity index (χ4n) is 7.76. The monoisotopic (exact) mass is 488 g/mol. The van der Waals surface area contributed by atoms with Gasteiger partial charge in [-0.25, -0.2) is 0 Å². The Labute approximate surface area is 215 Å². The first-order valence-corrected chi connectivity index (χ1v) is 13.9. The SMILES string of the molecule is Cc1cccc(CCC(=O)N(C)C2CC[C@@]3(O)[C@H]4Cc5ccc(O)cc5[C@@]3(CCN4CC3CC3)C2)c1. The summed E-state index contributed by atoms with van der Waals surface area (Å²) in [5.74, 6) is 1.24. The molecule has 1 amide bonds. The summed E-state index contributed by atoms with van der Waals surface area (Å²) in [7, 11) is 1.95. The average molecular weight is 489 g/mol. The molecule has 4 atom stereocenters. The summed E-state index contributed by atoms with van der Waals surface area (Å²) >= 11 is 0. The normalized spacial score (nSPS) is 31.4. The van der Waals surface area contributed by atoms with Crippen molar-refractivity contribution in [2.75, 3.05) is 20.1 Å². The zero-order valence-electron chi connectivity index (χ0n) is 21.7. The smallest absolute Gasteiger partial charge is 0.222 e. The number of aromatic hydroxyl groups is 1. The van der Waals surface area contributed by atoms with E-state index in [1.807, 2.05) is 18.0 Å². The lowest BCUT2D eigenvalue weighted by Gasteiger charge is -2.65. The maximum Gasteiger partial charge on any atom is 0.222 e. The molecule has 1 aliphatic heterocycles. The summed E-state index contributed by atoms with van der Waals surface area (Å²) in [6.45, 7) is 4.16. The molecule has 2 bridgehead atoms. The predicted octanol–water partition coefficient (Wildman–Crippen LogP) is 4.35. The van der Waals surface area contributed by atoms with Crippen molar-refractivity contribution in [3.63, 3.8) is 0 Å². The van der Waals surface area contributed by atoms with E-state index < -0.39 is 11.0 Å². The average Bonchev–Trinajstić information content (AvgIpc) is 3.68. The van der Waals surface area contributed by atoms with Gasteiger partial charge in [-0.1, -0.05) is 35.9 Å².